The summed E-state index contributed by atoms with van der Waals surface area (Å²) in [5, 5.41) is 3.03. The van der Waals surface area contributed by atoms with Crippen molar-refractivity contribution in [1.29, 1.82) is 0 Å². The summed E-state index contributed by atoms with van der Waals surface area (Å²) in [5.41, 5.74) is 2.60. The Morgan fingerprint density at radius 1 is 0.929 bits per heavy atom. The Balaban J connectivity index is 1.61. The highest BCUT2D eigenvalue weighted by Gasteiger charge is 2.34. The minimum atomic E-state index is -4.48. The smallest absolute Gasteiger partial charge is 0.449 e. The molecule has 0 aliphatic rings. The molecule has 28 heavy (non-hydrogen) atoms. The van der Waals surface area contributed by atoms with E-state index in [2.05, 4.69) is 5.32 Å². The molecule has 1 heterocycles. The van der Waals surface area contributed by atoms with Crippen molar-refractivity contribution in [3.63, 3.8) is 0 Å². The van der Waals surface area contributed by atoms with Gasteiger partial charge in [-0.1, -0.05) is 36.4 Å². The van der Waals surface area contributed by atoms with Crippen molar-refractivity contribution in [3.05, 3.63) is 77.7 Å². The third-order valence-corrected chi connectivity index (χ3v) is 5.23. The van der Waals surface area contributed by atoms with Gasteiger partial charge in [0.15, 0.2) is 9.84 Å². The highest BCUT2D eigenvalue weighted by atomic mass is 32.2. The molecule has 3 rings (SSSR count). The fraction of sp³-hybridized carbons (Fsp3) is 0.200. The Labute approximate surface area is 160 Å². The topological polar surface area (TPSA) is 59.3 Å². The minimum absolute atomic E-state index is 0.175. The van der Waals surface area contributed by atoms with Crippen LogP contribution in [0.4, 0.5) is 13.2 Å². The van der Waals surface area contributed by atoms with Crippen LogP contribution >= 0.6 is 0 Å². The van der Waals surface area contributed by atoms with Gasteiger partial charge in [-0.25, -0.2) is 8.42 Å². The highest BCUT2D eigenvalue weighted by Crippen LogP contribution is 2.30. The molecule has 0 saturated carbocycles. The van der Waals surface area contributed by atoms with Crippen molar-refractivity contribution in [1.82, 2.24) is 5.32 Å². The number of alkyl halides is 3. The minimum Gasteiger partial charge on any atom is -0.455 e. The Kier molecular flexibility index (Phi) is 5.62. The molecule has 0 aliphatic carbocycles. The van der Waals surface area contributed by atoms with Crippen LogP contribution in [0.5, 0.6) is 0 Å². The summed E-state index contributed by atoms with van der Waals surface area (Å²) < 4.78 is 65.7. The molecule has 0 amide bonds. The molecule has 1 aromatic heterocycles. The van der Waals surface area contributed by atoms with E-state index in [-0.39, 0.29) is 17.2 Å². The first kappa shape index (κ1) is 20.2. The quantitative estimate of drug-likeness (QED) is 0.643. The van der Waals surface area contributed by atoms with Gasteiger partial charge in [0.1, 0.15) is 5.76 Å². The van der Waals surface area contributed by atoms with Gasteiger partial charge in [-0.2, -0.15) is 13.2 Å². The van der Waals surface area contributed by atoms with Gasteiger partial charge in [0.25, 0.3) is 0 Å². The van der Waals surface area contributed by atoms with Crippen molar-refractivity contribution in [2.75, 3.05) is 6.26 Å². The monoisotopic (exact) mass is 409 g/mol. The molecule has 0 atom stereocenters. The molecule has 8 heteroatoms. The lowest BCUT2D eigenvalue weighted by molar-refractivity contribution is -0.153. The van der Waals surface area contributed by atoms with Gasteiger partial charge in [-0.3, -0.25) is 0 Å². The Morgan fingerprint density at radius 3 is 2.25 bits per heavy atom. The van der Waals surface area contributed by atoms with Crippen molar-refractivity contribution >= 4 is 9.84 Å². The zero-order valence-electron chi connectivity index (χ0n) is 15.0. The van der Waals surface area contributed by atoms with Gasteiger partial charge < -0.3 is 9.73 Å². The zero-order chi connectivity index (χ0) is 20.4. The predicted molar refractivity (Wildman–Crippen MR) is 99.2 cm³/mol. The molecule has 0 aliphatic heterocycles. The Hall–Kier alpha value is -2.58. The van der Waals surface area contributed by atoms with Gasteiger partial charge in [-0.15, -0.1) is 0 Å². The van der Waals surface area contributed by atoms with E-state index >= 15 is 0 Å². The molecule has 0 fully saturated rings. The average molecular weight is 409 g/mol. The summed E-state index contributed by atoms with van der Waals surface area (Å²) in [6.45, 7) is 0.625. The lowest BCUT2D eigenvalue weighted by atomic mass is 10.0. The van der Waals surface area contributed by atoms with Crippen molar-refractivity contribution in [3.8, 4) is 11.1 Å². The van der Waals surface area contributed by atoms with E-state index in [1.54, 1.807) is 18.2 Å². The molecule has 0 unspecified atom stereocenters. The van der Waals surface area contributed by atoms with Gasteiger partial charge in [0, 0.05) is 12.8 Å². The Bertz CT molecular complexity index is 1050. The van der Waals surface area contributed by atoms with Crippen LogP contribution in [0, 0.1) is 0 Å². The number of sulfone groups is 1. The number of hydrogen-bond acceptors (Lipinski definition) is 4. The molecule has 0 spiro atoms. The molecule has 4 nitrogen and oxygen atoms in total. The van der Waals surface area contributed by atoms with Gasteiger partial charge in [-0.05, 0) is 41.0 Å². The van der Waals surface area contributed by atoms with E-state index in [9.17, 15) is 21.6 Å². The second-order valence-electron chi connectivity index (χ2n) is 6.36. The number of rotatable bonds is 6. The zero-order valence-corrected chi connectivity index (χ0v) is 15.8. The van der Waals surface area contributed by atoms with E-state index < -0.39 is 21.8 Å². The van der Waals surface area contributed by atoms with Crippen LogP contribution in [0.15, 0.2) is 70.0 Å². The molecule has 0 bridgehead atoms. The van der Waals surface area contributed by atoms with E-state index in [0.29, 0.717) is 6.54 Å². The summed E-state index contributed by atoms with van der Waals surface area (Å²) in [4.78, 5) is 0.257. The lowest BCUT2D eigenvalue weighted by Crippen LogP contribution is -2.12. The van der Waals surface area contributed by atoms with Crippen molar-refractivity contribution < 1.29 is 26.0 Å². The van der Waals surface area contributed by atoms with Crippen LogP contribution in [0.2, 0.25) is 0 Å². The summed E-state index contributed by atoms with van der Waals surface area (Å²) in [7, 11) is -3.28. The number of benzene rings is 2. The normalized spacial score (nSPS) is 12.3. The molecule has 1 N–H and O–H groups in total. The number of hydrogen-bond donors (Lipinski definition) is 1. The van der Waals surface area contributed by atoms with Crippen LogP contribution in [0.1, 0.15) is 17.1 Å². The van der Waals surface area contributed by atoms with E-state index in [4.69, 9.17) is 4.42 Å². The summed E-state index contributed by atoms with van der Waals surface area (Å²) in [6.07, 6.45) is -3.32. The van der Waals surface area contributed by atoms with E-state index in [1.165, 1.54) is 6.07 Å². The number of nitrogens with one attached hydrogen (secondary N) is 1. The van der Waals surface area contributed by atoms with Crippen molar-refractivity contribution in [2.45, 2.75) is 24.2 Å². The highest BCUT2D eigenvalue weighted by molar-refractivity contribution is 7.90. The first-order valence-electron chi connectivity index (χ1n) is 8.39. The fourth-order valence-electron chi connectivity index (χ4n) is 2.68. The van der Waals surface area contributed by atoms with Crippen LogP contribution < -0.4 is 5.32 Å². The average Bonchev–Trinajstić information content (AvgIpc) is 3.11. The van der Waals surface area contributed by atoms with Crippen LogP contribution in [0.3, 0.4) is 0 Å². The maximum Gasteiger partial charge on any atom is 0.449 e. The summed E-state index contributed by atoms with van der Waals surface area (Å²) in [5.74, 6) is -0.800. The first-order chi connectivity index (χ1) is 13.1. The molecule has 3 aromatic rings. The van der Waals surface area contributed by atoms with Crippen LogP contribution in [0.25, 0.3) is 11.1 Å². The third-order valence-electron chi connectivity index (χ3n) is 4.12. The van der Waals surface area contributed by atoms with Crippen LogP contribution in [-0.4, -0.2) is 14.7 Å². The molecule has 2 aromatic carbocycles. The predicted octanol–water partition coefficient (Wildman–Crippen LogP) is 4.66. The largest absolute Gasteiger partial charge is 0.455 e. The Morgan fingerprint density at radius 2 is 1.64 bits per heavy atom. The van der Waals surface area contributed by atoms with Crippen LogP contribution in [-0.2, 0) is 29.1 Å². The second-order valence-corrected chi connectivity index (χ2v) is 8.38. The van der Waals surface area contributed by atoms with Gasteiger partial charge >= 0.3 is 6.18 Å². The van der Waals surface area contributed by atoms with Gasteiger partial charge in [0.05, 0.1) is 11.4 Å². The van der Waals surface area contributed by atoms with E-state index in [1.807, 2.05) is 30.3 Å². The number of halogens is 3. The molecule has 0 radical (unpaired) electrons. The summed E-state index contributed by atoms with van der Waals surface area (Å²) in [6, 6.07) is 16.4. The first-order valence-corrected chi connectivity index (χ1v) is 10.3. The molecular formula is C20H18F3NO3S. The fourth-order valence-corrected chi connectivity index (χ4v) is 3.34. The van der Waals surface area contributed by atoms with Gasteiger partial charge in [0.2, 0.25) is 5.76 Å². The number of furan rings is 1. The summed E-state index contributed by atoms with van der Waals surface area (Å²) >= 11 is 0. The standard InChI is InChI=1S/C20H18F3NO3S/c1-28(25,26)18-4-2-3-16(11-18)15-7-5-14(6-8-15)12-24-13-17-9-10-19(27-17)20(21,22)23/h2-11,24H,12-13H2,1H3. The lowest BCUT2D eigenvalue weighted by Gasteiger charge is -2.07. The molecular weight excluding hydrogens is 391 g/mol. The molecule has 0 saturated heterocycles. The third kappa shape index (κ3) is 5.02. The van der Waals surface area contributed by atoms with E-state index in [0.717, 1.165) is 29.0 Å². The second kappa shape index (κ2) is 7.81. The SMILES string of the molecule is CS(=O)(=O)c1cccc(-c2ccc(CNCc3ccc(C(F)(F)F)o3)cc2)c1. The molecule has 148 valence electrons. The maximum atomic E-state index is 12.5. The van der Waals surface area contributed by atoms with Crippen molar-refractivity contribution in [2.24, 2.45) is 0 Å². The maximum absolute atomic E-state index is 12.5.